The normalized spacial score (nSPS) is 18.4. The molecule has 33 heavy (non-hydrogen) atoms. The number of aromatic nitrogens is 3. The first-order valence-corrected chi connectivity index (χ1v) is 13.6. The van der Waals surface area contributed by atoms with E-state index in [2.05, 4.69) is 32.3 Å². The van der Waals surface area contributed by atoms with Crippen molar-refractivity contribution in [2.75, 3.05) is 26.3 Å². The van der Waals surface area contributed by atoms with E-state index in [1.54, 1.807) is 23.1 Å². The summed E-state index contributed by atoms with van der Waals surface area (Å²) in [4.78, 5) is 16.9. The second kappa shape index (κ2) is 10.8. The molecule has 174 valence electrons. The Morgan fingerprint density at radius 2 is 1.85 bits per heavy atom. The van der Waals surface area contributed by atoms with Crippen molar-refractivity contribution < 1.29 is 9.53 Å². The minimum Gasteiger partial charge on any atom is -0.378 e. The molecule has 3 heterocycles. The predicted octanol–water partition coefficient (Wildman–Crippen LogP) is 5.13. The van der Waals surface area contributed by atoms with Gasteiger partial charge in [-0.3, -0.25) is 4.79 Å². The highest BCUT2D eigenvalue weighted by atomic mass is 32.2. The second-order valence-electron chi connectivity index (χ2n) is 8.66. The van der Waals surface area contributed by atoms with Crippen LogP contribution in [-0.4, -0.2) is 51.9 Å². The lowest BCUT2D eigenvalue weighted by molar-refractivity contribution is -0.134. The van der Waals surface area contributed by atoms with E-state index in [1.165, 1.54) is 24.1 Å². The number of hydrogen-bond donors (Lipinski definition) is 0. The predicted molar refractivity (Wildman–Crippen MR) is 132 cm³/mol. The van der Waals surface area contributed by atoms with E-state index in [9.17, 15) is 4.79 Å². The van der Waals surface area contributed by atoms with Gasteiger partial charge >= 0.3 is 0 Å². The van der Waals surface area contributed by atoms with Crippen LogP contribution in [0.4, 0.5) is 0 Å². The molecule has 1 atom stereocenters. The number of nitrogens with zero attached hydrogens (tertiary/aromatic N) is 4. The quantitative estimate of drug-likeness (QED) is 0.437. The van der Waals surface area contributed by atoms with Crippen molar-refractivity contribution in [1.29, 1.82) is 0 Å². The Kier molecular flexibility index (Phi) is 7.43. The number of ether oxygens (including phenoxy) is 1. The van der Waals surface area contributed by atoms with Crippen molar-refractivity contribution in [3.05, 3.63) is 64.1 Å². The lowest BCUT2D eigenvalue weighted by atomic mass is 9.95. The third-order valence-electron chi connectivity index (χ3n) is 6.46. The molecule has 1 amide bonds. The van der Waals surface area contributed by atoms with Crippen molar-refractivity contribution in [2.45, 2.75) is 55.0 Å². The van der Waals surface area contributed by atoms with Crippen LogP contribution >= 0.6 is 23.1 Å². The maximum absolute atomic E-state index is 13.6. The maximum Gasteiger partial charge on any atom is 0.240 e. The molecule has 2 aliphatic rings. The van der Waals surface area contributed by atoms with Crippen LogP contribution in [0.1, 0.15) is 59.7 Å². The second-order valence-corrected chi connectivity index (χ2v) is 10.8. The summed E-state index contributed by atoms with van der Waals surface area (Å²) in [5, 5.41) is 11.9. The van der Waals surface area contributed by atoms with Gasteiger partial charge in [-0.1, -0.05) is 67.4 Å². The van der Waals surface area contributed by atoms with Gasteiger partial charge in [-0.2, -0.15) is 0 Å². The average Bonchev–Trinajstić information content (AvgIpc) is 3.54. The smallest absolute Gasteiger partial charge is 0.240 e. The topological polar surface area (TPSA) is 60.2 Å². The highest BCUT2D eigenvalue weighted by Gasteiger charge is 2.32. The molecule has 0 bridgehead atoms. The summed E-state index contributed by atoms with van der Waals surface area (Å²) >= 11 is 3.31. The Hall–Kier alpha value is -2.16. The van der Waals surface area contributed by atoms with Crippen molar-refractivity contribution in [3.8, 4) is 0 Å². The molecule has 0 spiro atoms. The molecule has 3 aromatic rings. The maximum atomic E-state index is 13.6. The molecule has 6 nitrogen and oxygen atoms in total. The Morgan fingerprint density at radius 3 is 2.58 bits per heavy atom. The summed E-state index contributed by atoms with van der Waals surface area (Å²) in [6.07, 6.45) is 6.85. The van der Waals surface area contributed by atoms with Gasteiger partial charge in [0.05, 0.1) is 13.2 Å². The summed E-state index contributed by atoms with van der Waals surface area (Å²) < 4.78 is 7.83. The highest BCUT2D eigenvalue weighted by molar-refractivity contribution is 8.00. The number of rotatable bonds is 7. The number of thioether (sulfide) groups is 1. The van der Waals surface area contributed by atoms with Gasteiger partial charge in [0.1, 0.15) is 11.1 Å². The Bertz CT molecular complexity index is 1030. The molecule has 5 rings (SSSR count). The van der Waals surface area contributed by atoms with E-state index in [1.807, 2.05) is 35.2 Å². The molecule has 1 saturated carbocycles. The number of amides is 1. The van der Waals surface area contributed by atoms with Gasteiger partial charge in [0.2, 0.25) is 5.91 Å². The molecule has 0 N–H and O–H groups in total. The monoisotopic (exact) mass is 482 g/mol. The first-order chi connectivity index (χ1) is 16.3. The first-order valence-electron chi connectivity index (χ1n) is 11.8. The molecule has 2 fully saturated rings. The lowest BCUT2D eigenvalue weighted by Crippen LogP contribution is -2.42. The molecular weight excluding hydrogens is 452 g/mol. The van der Waals surface area contributed by atoms with Crippen LogP contribution in [0.3, 0.4) is 0 Å². The summed E-state index contributed by atoms with van der Waals surface area (Å²) in [5.74, 6) is 1.14. The molecule has 1 aliphatic carbocycles. The number of carbonyl (C=O) groups excluding carboxylic acids is 1. The summed E-state index contributed by atoms with van der Waals surface area (Å²) in [6.45, 7) is 2.48. The Morgan fingerprint density at radius 1 is 1.06 bits per heavy atom. The molecule has 1 aromatic carbocycles. The van der Waals surface area contributed by atoms with Crippen molar-refractivity contribution in [3.63, 3.8) is 0 Å². The molecule has 2 aromatic heterocycles. The molecule has 8 heteroatoms. The minimum absolute atomic E-state index is 0.132. The van der Waals surface area contributed by atoms with Gasteiger partial charge in [0, 0.05) is 30.4 Å². The standard InChI is InChI=1S/C25H30N4O2S2/c30-24(28-13-15-31-16-14-28)23(19-8-3-1-4-9-19)33-25-27-26-22(18-21-12-7-17-32-21)29(25)20-10-5-2-6-11-20/h1,3-4,7-9,12,17,20,23H,2,5-6,10-11,13-16,18H2/t23-/m0/s1. The molecular formula is C25H30N4O2S2. The zero-order valence-electron chi connectivity index (χ0n) is 18.8. The molecule has 0 radical (unpaired) electrons. The minimum atomic E-state index is -0.342. The Balaban J connectivity index is 1.47. The number of hydrogen-bond acceptors (Lipinski definition) is 6. The zero-order chi connectivity index (χ0) is 22.5. The number of thiophene rings is 1. The van der Waals surface area contributed by atoms with Crippen LogP contribution in [0.25, 0.3) is 0 Å². The zero-order valence-corrected chi connectivity index (χ0v) is 20.4. The molecule has 1 saturated heterocycles. The third-order valence-corrected chi connectivity index (χ3v) is 8.54. The van der Waals surface area contributed by atoms with Gasteiger partial charge in [-0.15, -0.1) is 21.5 Å². The third kappa shape index (κ3) is 5.34. The highest BCUT2D eigenvalue weighted by Crippen LogP contribution is 2.40. The van der Waals surface area contributed by atoms with E-state index < -0.39 is 0 Å². The van der Waals surface area contributed by atoms with Gasteiger partial charge < -0.3 is 14.2 Å². The van der Waals surface area contributed by atoms with Crippen LogP contribution in [-0.2, 0) is 16.0 Å². The van der Waals surface area contributed by atoms with Gasteiger partial charge in [0.15, 0.2) is 5.16 Å². The van der Waals surface area contributed by atoms with E-state index in [0.717, 1.165) is 35.8 Å². The van der Waals surface area contributed by atoms with E-state index >= 15 is 0 Å². The van der Waals surface area contributed by atoms with Crippen LogP contribution < -0.4 is 0 Å². The SMILES string of the molecule is O=C([C@@H](Sc1nnc(Cc2cccs2)n1C1CCCCC1)c1ccccc1)N1CCOCC1. The van der Waals surface area contributed by atoms with Crippen molar-refractivity contribution >= 4 is 29.0 Å². The van der Waals surface area contributed by atoms with Crippen LogP contribution in [0.2, 0.25) is 0 Å². The lowest BCUT2D eigenvalue weighted by Gasteiger charge is -2.31. The number of carbonyl (C=O) groups is 1. The first kappa shape index (κ1) is 22.6. The van der Waals surface area contributed by atoms with Crippen molar-refractivity contribution in [1.82, 2.24) is 19.7 Å². The average molecular weight is 483 g/mol. The number of morpholine rings is 1. The fourth-order valence-corrected chi connectivity index (χ4v) is 6.64. The van der Waals surface area contributed by atoms with Crippen molar-refractivity contribution in [2.24, 2.45) is 0 Å². The van der Waals surface area contributed by atoms with Gasteiger partial charge in [0.25, 0.3) is 0 Å². The molecule has 1 aliphatic heterocycles. The van der Waals surface area contributed by atoms with E-state index in [-0.39, 0.29) is 11.2 Å². The molecule has 0 unspecified atom stereocenters. The fourth-order valence-electron chi connectivity index (χ4n) is 4.73. The van der Waals surface area contributed by atoms with Crippen LogP contribution in [0.15, 0.2) is 53.0 Å². The summed E-state index contributed by atoms with van der Waals surface area (Å²) in [5.41, 5.74) is 1.01. The Labute approximate surface area is 203 Å². The summed E-state index contributed by atoms with van der Waals surface area (Å²) in [7, 11) is 0. The fraction of sp³-hybridized carbons (Fsp3) is 0.480. The largest absolute Gasteiger partial charge is 0.378 e. The van der Waals surface area contributed by atoms with Crippen LogP contribution in [0.5, 0.6) is 0 Å². The van der Waals surface area contributed by atoms with Gasteiger partial charge in [-0.25, -0.2) is 0 Å². The van der Waals surface area contributed by atoms with Crippen LogP contribution in [0, 0.1) is 0 Å². The number of benzene rings is 1. The van der Waals surface area contributed by atoms with Gasteiger partial charge in [-0.05, 0) is 29.9 Å². The van der Waals surface area contributed by atoms with E-state index in [4.69, 9.17) is 4.74 Å². The van der Waals surface area contributed by atoms with E-state index in [0.29, 0.717) is 32.3 Å². The summed E-state index contributed by atoms with van der Waals surface area (Å²) in [6, 6.07) is 14.7.